The zero-order chi connectivity index (χ0) is 28.8. The average Bonchev–Trinajstić information content (AvgIpc) is 2.85. The molecule has 0 radical (unpaired) electrons. The van der Waals surface area contributed by atoms with Crippen LogP contribution in [0.1, 0.15) is 37.5 Å². The van der Waals surface area contributed by atoms with Crippen molar-refractivity contribution in [1.29, 1.82) is 0 Å². The maximum absolute atomic E-state index is 14.1. The molecule has 208 valence electrons. The Kier molecular flexibility index (Phi) is 10.2. The summed E-state index contributed by atoms with van der Waals surface area (Å²) in [7, 11) is -3.79. The number of carbonyl (C=O) groups is 2. The SMILES string of the molecule is Cc1ccccc1CN(C(=O)CN(c1ccc(I)cc1)S(C)(=O)=O)[C@@H](Cc1ccccc1)C(=O)NC(C)(C)C. The van der Waals surface area contributed by atoms with Crippen molar-refractivity contribution < 1.29 is 18.0 Å². The molecule has 2 amide bonds. The van der Waals surface area contributed by atoms with Gasteiger partial charge in [-0.3, -0.25) is 13.9 Å². The number of hydrogen-bond donors (Lipinski definition) is 1. The van der Waals surface area contributed by atoms with Gasteiger partial charge >= 0.3 is 0 Å². The van der Waals surface area contributed by atoms with Gasteiger partial charge in [-0.1, -0.05) is 54.6 Å². The molecule has 0 aromatic heterocycles. The minimum atomic E-state index is -3.79. The summed E-state index contributed by atoms with van der Waals surface area (Å²) in [4.78, 5) is 29.3. The second-order valence-corrected chi connectivity index (χ2v) is 13.8. The molecule has 0 fully saturated rings. The van der Waals surface area contributed by atoms with E-state index in [0.29, 0.717) is 5.69 Å². The van der Waals surface area contributed by atoms with E-state index in [1.807, 2.05) is 82.3 Å². The maximum atomic E-state index is 14.1. The number of rotatable bonds is 10. The Morgan fingerprint density at radius 2 is 1.51 bits per heavy atom. The summed E-state index contributed by atoms with van der Waals surface area (Å²) >= 11 is 2.14. The molecule has 1 N–H and O–H groups in total. The predicted molar refractivity (Wildman–Crippen MR) is 165 cm³/mol. The molecule has 0 unspecified atom stereocenters. The Morgan fingerprint density at radius 1 is 0.923 bits per heavy atom. The molecule has 0 aliphatic rings. The van der Waals surface area contributed by atoms with Crippen molar-refractivity contribution in [2.24, 2.45) is 0 Å². The zero-order valence-electron chi connectivity index (χ0n) is 23.0. The van der Waals surface area contributed by atoms with E-state index in [1.54, 1.807) is 24.3 Å². The van der Waals surface area contributed by atoms with Crippen LogP contribution in [0.2, 0.25) is 0 Å². The highest BCUT2D eigenvalue weighted by Crippen LogP contribution is 2.22. The number of carbonyl (C=O) groups excluding carboxylic acids is 2. The molecule has 0 saturated heterocycles. The smallest absolute Gasteiger partial charge is 0.244 e. The van der Waals surface area contributed by atoms with Gasteiger partial charge in [0.25, 0.3) is 0 Å². The van der Waals surface area contributed by atoms with Crippen molar-refractivity contribution >= 4 is 50.1 Å². The highest BCUT2D eigenvalue weighted by molar-refractivity contribution is 14.1. The van der Waals surface area contributed by atoms with E-state index < -0.39 is 34.1 Å². The van der Waals surface area contributed by atoms with E-state index in [9.17, 15) is 18.0 Å². The number of aryl methyl sites for hydroxylation is 1. The number of anilines is 1. The topological polar surface area (TPSA) is 86.8 Å². The van der Waals surface area contributed by atoms with Crippen LogP contribution in [0.15, 0.2) is 78.9 Å². The predicted octanol–water partition coefficient (Wildman–Crippen LogP) is 4.92. The summed E-state index contributed by atoms with van der Waals surface area (Å²) in [5.41, 5.74) is 2.62. The Morgan fingerprint density at radius 3 is 2.08 bits per heavy atom. The first-order valence-corrected chi connectivity index (χ1v) is 15.6. The van der Waals surface area contributed by atoms with Crippen LogP contribution < -0.4 is 9.62 Å². The molecule has 3 aromatic rings. The van der Waals surface area contributed by atoms with Crippen molar-refractivity contribution in [3.05, 3.63) is 99.1 Å². The third-order valence-electron chi connectivity index (χ3n) is 6.17. The molecule has 0 bridgehead atoms. The van der Waals surface area contributed by atoms with E-state index in [2.05, 4.69) is 27.9 Å². The van der Waals surface area contributed by atoms with Crippen LogP contribution in [0.4, 0.5) is 5.69 Å². The minimum absolute atomic E-state index is 0.158. The van der Waals surface area contributed by atoms with Crippen molar-refractivity contribution in [2.45, 2.75) is 52.2 Å². The highest BCUT2D eigenvalue weighted by atomic mass is 127. The number of nitrogens with one attached hydrogen (secondary N) is 1. The lowest BCUT2D eigenvalue weighted by molar-refractivity contribution is -0.140. The van der Waals surface area contributed by atoms with Crippen LogP contribution in [0.3, 0.4) is 0 Å². The Labute approximate surface area is 245 Å². The molecule has 0 aliphatic heterocycles. The molecule has 1 atom stereocenters. The third kappa shape index (κ3) is 9.06. The fraction of sp³-hybridized carbons (Fsp3) is 0.333. The van der Waals surface area contributed by atoms with Crippen LogP contribution in [-0.2, 0) is 32.6 Å². The van der Waals surface area contributed by atoms with Crippen LogP contribution >= 0.6 is 22.6 Å². The summed E-state index contributed by atoms with van der Waals surface area (Å²) in [5, 5.41) is 3.03. The number of halogens is 1. The largest absolute Gasteiger partial charge is 0.350 e. The monoisotopic (exact) mass is 661 g/mol. The molecule has 7 nitrogen and oxygen atoms in total. The highest BCUT2D eigenvalue weighted by Gasteiger charge is 2.34. The molecule has 3 rings (SSSR count). The first kappa shape index (κ1) is 30.6. The van der Waals surface area contributed by atoms with Crippen LogP contribution in [0.25, 0.3) is 0 Å². The maximum Gasteiger partial charge on any atom is 0.244 e. The van der Waals surface area contributed by atoms with Gasteiger partial charge in [0, 0.05) is 22.1 Å². The molecule has 0 saturated carbocycles. The molecular formula is C30H36IN3O4S. The standard InChI is InChI=1S/C30H36IN3O4S/c1-22-11-9-10-14-24(22)20-33(27(29(36)32-30(2,3)4)19-23-12-7-6-8-13-23)28(35)21-34(39(5,37)38)26-17-15-25(31)16-18-26/h6-18,27H,19-21H2,1-5H3,(H,32,36)/t27-/m0/s1. The molecule has 9 heteroatoms. The van der Waals surface area contributed by atoms with Gasteiger partial charge in [-0.25, -0.2) is 8.42 Å². The summed E-state index contributed by atoms with van der Waals surface area (Å²) in [5.74, 6) is -0.763. The third-order valence-corrected chi connectivity index (χ3v) is 8.02. The number of benzene rings is 3. The Hall–Kier alpha value is -2.92. The normalized spacial score (nSPS) is 12.5. The van der Waals surface area contributed by atoms with Crippen molar-refractivity contribution in [3.63, 3.8) is 0 Å². The van der Waals surface area contributed by atoms with Crippen LogP contribution in [0, 0.1) is 10.5 Å². The fourth-order valence-electron chi connectivity index (χ4n) is 4.20. The van der Waals surface area contributed by atoms with Crippen LogP contribution in [0.5, 0.6) is 0 Å². The van der Waals surface area contributed by atoms with E-state index in [0.717, 1.165) is 30.8 Å². The first-order chi connectivity index (χ1) is 18.2. The quantitative estimate of drug-likeness (QED) is 0.313. The van der Waals surface area contributed by atoms with Crippen molar-refractivity contribution in [3.8, 4) is 0 Å². The molecular weight excluding hydrogens is 625 g/mol. The zero-order valence-corrected chi connectivity index (χ0v) is 26.0. The summed E-state index contributed by atoms with van der Waals surface area (Å²) in [6.45, 7) is 7.35. The molecule has 0 aliphatic carbocycles. The second-order valence-electron chi connectivity index (χ2n) is 10.6. The van der Waals surface area contributed by atoms with Crippen molar-refractivity contribution in [2.75, 3.05) is 17.1 Å². The van der Waals surface area contributed by atoms with Gasteiger partial charge in [-0.2, -0.15) is 0 Å². The van der Waals surface area contributed by atoms with E-state index in [1.165, 1.54) is 4.90 Å². The minimum Gasteiger partial charge on any atom is -0.350 e. The summed E-state index contributed by atoms with van der Waals surface area (Å²) < 4.78 is 27.7. The van der Waals surface area contributed by atoms with Gasteiger partial charge in [0.1, 0.15) is 12.6 Å². The summed E-state index contributed by atoms with van der Waals surface area (Å²) in [6, 6.07) is 23.3. The summed E-state index contributed by atoms with van der Waals surface area (Å²) in [6.07, 6.45) is 1.36. The Balaban J connectivity index is 2.08. The lowest BCUT2D eigenvalue weighted by Gasteiger charge is -2.35. The first-order valence-electron chi connectivity index (χ1n) is 12.7. The van der Waals surface area contributed by atoms with Gasteiger partial charge in [0.15, 0.2) is 0 Å². The molecule has 0 spiro atoms. The second kappa shape index (κ2) is 13.0. The van der Waals surface area contributed by atoms with Gasteiger partial charge in [-0.05, 0) is 91.2 Å². The fourth-order valence-corrected chi connectivity index (χ4v) is 5.41. The lowest BCUT2D eigenvalue weighted by atomic mass is 10.00. The lowest BCUT2D eigenvalue weighted by Crippen LogP contribution is -2.56. The number of amides is 2. The van der Waals surface area contributed by atoms with E-state index >= 15 is 0 Å². The van der Waals surface area contributed by atoms with Gasteiger partial charge in [0.2, 0.25) is 21.8 Å². The van der Waals surface area contributed by atoms with Crippen LogP contribution in [-0.4, -0.2) is 49.5 Å². The van der Waals surface area contributed by atoms with E-state index in [-0.39, 0.29) is 18.9 Å². The van der Waals surface area contributed by atoms with Gasteiger partial charge < -0.3 is 10.2 Å². The molecule has 39 heavy (non-hydrogen) atoms. The number of nitrogens with zero attached hydrogens (tertiary/aromatic N) is 2. The number of sulfonamides is 1. The van der Waals surface area contributed by atoms with E-state index in [4.69, 9.17) is 0 Å². The molecule has 3 aromatic carbocycles. The number of hydrogen-bond acceptors (Lipinski definition) is 4. The van der Waals surface area contributed by atoms with Gasteiger partial charge in [-0.15, -0.1) is 0 Å². The van der Waals surface area contributed by atoms with Crippen molar-refractivity contribution in [1.82, 2.24) is 10.2 Å². The average molecular weight is 662 g/mol. The van der Waals surface area contributed by atoms with Gasteiger partial charge in [0.05, 0.1) is 11.9 Å². The molecule has 0 heterocycles. The Bertz CT molecular complexity index is 1390.